The molecule has 3 N–H and O–H groups in total. The van der Waals surface area contributed by atoms with E-state index in [0.717, 1.165) is 6.26 Å². The molecule has 0 saturated heterocycles. The molecule has 0 spiro atoms. The number of thiocarbonyl (C=S) groups is 1. The number of carbonyl (C=O) groups is 1. The Morgan fingerprint density at radius 3 is 2.33 bits per heavy atom. The van der Waals surface area contributed by atoms with Crippen LogP contribution in [0.3, 0.4) is 0 Å². The fourth-order valence-corrected chi connectivity index (χ4v) is 2.76. The molecule has 9 heteroatoms. The van der Waals surface area contributed by atoms with Gasteiger partial charge in [-0.1, -0.05) is 17.7 Å². The number of carbonyl (C=O) groups excluding carboxylic acids is 1. The van der Waals surface area contributed by atoms with E-state index in [-0.39, 0.29) is 10.0 Å². The number of hydrogen-bond acceptors (Lipinski definition) is 4. The van der Waals surface area contributed by atoms with E-state index in [0.29, 0.717) is 16.3 Å². The molecule has 24 heavy (non-hydrogen) atoms. The van der Waals surface area contributed by atoms with Crippen molar-refractivity contribution in [3.05, 3.63) is 59.1 Å². The van der Waals surface area contributed by atoms with Gasteiger partial charge in [-0.25, -0.2) is 8.42 Å². The van der Waals surface area contributed by atoms with Gasteiger partial charge in [0.05, 0.1) is 4.90 Å². The van der Waals surface area contributed by atoms with E-state index in [4.69, 9.17) is 23.8 Å². The van der Waals surface area contributed by atoms with Crippen LogP contribution in [0.15, 0.2) is 53.4 Å². The molecule has 2 aromatic carbocycles. The predicted molar refractivity (Wildman–Crippen MR) is 97.8 cm³/mol. The lowest BCUT2D eigenvalue weighted by Crippen LogP contribution is -2.43. The Balaban J connectivity index is 1.92. The third-order valence-corrected chi connectivity index (χ3v) is 4.48. The van der Waals surface area contributed by atoms with Crippen molar-refractivity contribution in [2.24, 2.45) is 0 Å². The zero-order valence-electron chi connectivity index (χ0n) is 12.5. The molecular formula is C15H14ClN3O3S2. The van der Waals surface area contributed by atoms with Crippen LogP contribution in [0.2, 0.25) is 5.02 Å². The summed E-state index contributed by atoms with van der Waals surface area (Å²) in [6.45, 7) is 0. The van der Waals surface area contributed by atoms with Crippen LogP contribution in [-0.4, -0.2) is 25.7 Å². The molecule has 0 fully saturated rings. The lowest BCUT2D eigenvalue weighted by molar-refractivity contribution is 0.0944. The minimum absolute atomic E-state index is 0.144. The first-order valence-corrected chi connectivity index (χ1v) is 9.36. The Morgan fingerprint density at radius 1 is 1.08 bits per heavy atom. The highest BCUT2D eigenvalue weighted by Gasteiger charge is 2.10. The second-order valence-electron chi connectivity index (χ2n) is 4.84. The van der Waals surface area contributed by atoms with Crippen molar-refractivity contribution in [3.63, 3.8) is 0 Å². The third kappa shape index (κ3) is 5.19. The smallest absolute Gasteiger partial charge is 0.269 e. The second kappa shape index (κ2) is 7.61. The molecule has 0 heterocycles. The maximum atomic E-state index is 12.0. The SMILES string of the molecule is CS(=O)(=O)c1ccc(C(=O)NNC(=S)Nc2cccc(Cl)c2)cc1. The minimum Gasteiger partial charge on any atom is -0.331 e. The largest absolute Gasteiger partial charge is 0.331 e. The monoisotopic (exact) mass is 383 g/mol. The Morgan fingerprint density at radius 2 is 1.75 bits per heavy atom. The first-order valence-electron chi connectivity index (χ1n) is 6.69. The summed E-state index contributed by atoms with van der Waals surface area (Å²) in [7, 11) is -3.30. The van der Waals surface area contributed by atoms with Crippen LogP contribution in [0.1, 0.15) is 10.4 Å². The predicted octanol–water partition coefficient (Wildman–Crippen LogP) is 2.37. The number of hydrazine groups is 1. The third-order valence-electron chi connectivity index (χ3n) is 2.92. The van der Waals surface area contributed by atoms with Crippen LogP contribution in [0.4, 0.5) is 5.69 Å². The Hall–Kier alpha value is -2.16. The van der Waals surface area contributed by atoms with Gasteiger partial charge in [0.2, 0.25) is 0 Å². The van der Waals surface area contributed by atoms with Gasteiger partial charge in [-0.2, -0.15) is 0 Å². The van der Waals surface area contributed by atoms with E-state index in [9.17, 15) is 13.2 Å². The summed E-state index contributed by atoms with van der Waals surface area (Å²) >= 11 is 10.9. The summed E-state index contributed by atoms with van der Waals surface area (Å²) in [5, 5.41) is 3.59. The van der Waals surface area contributed by atoms with E-state index in [1.165, 1.54) is 24.3 Å². The van der Waals surface area contributed by atoms with Gasteiger partial charge in [0.1, 0.15) is 0 Å². The summed E-state index contributed by atoms with van der Waals surface area (Å²) in [6, 6.07) is 12.5. The molecule has 6 nitrogen and oxygen atoms in total. The lowest BCUT2D eigenvalue weighted by atomic mass is 10.2. The number of benzene rings is 2. The topological polar surface area (TPSA) is 87.3 Å². The first-order chi connectivity index (χ1) is 11.3. The summed E-state index contributed by atoms with van der Waals surface area (Å²) in [5.41, 5.74) is 5.93. The number of hydrogen-bond donors (Lipinski definition) is 3. The maximum absolute atomic E-state index is 12.0. The molecule has 0 aliphatic heterocycles. The quantitative estimate of drug-likeness (QED) is 0.557. The summed E-state index contributed by atoms with van der Waals surface area (Å²) in [4.78, 5) is 12.1. The highest BCUT2D eigenvalue weighted by molar-refractivity contribution is 7.90. The fourth-order valence-electron chi connectivity index (χ4n) is 1.77. The molecule has 0 radical (unpaired) electrons. The molecule has 2 aromatic rings. The van der Waals surface area contributed by atoms with Crippen molar-refractivity contribution >= 4 is 50.4 Å². The van der Waals surface area contributed by atoms with Crippen molar-refractivity contribution in [3.8, 4) is 0 Å². The van der Waals surface area contributed by atoms with Crippen molar-refractivity contribution in [2.45, 2.75) is 4.90 Å². The van der Waals surface area contributed by atoms with Crippen LogP contribution >= 0.6 is 23.8 Å². The maximum Gasteiger partial charge on any atom is 0.269 e. The molecule has 0 saturated carbocycles. The van der Waals surface area contributed by atoms with E-state index in [1.807, 2.05) is 0 Å². The molecule has 2 rings (SSSR count). The lowest BCUT2D eigenvalue weighted by Gasteiger charge is -2.12. The van der Waals surface area contributed by atoms with Gasteiger partial charge >= 0.3 is 0 Å². The van der Waals surface area contributed by atoms with Crippen molar-refractivity contribution in [1.82, 2.24) is 10.9 Å². The van der Waals surface area contributed by atoms with E-state index < -0.39 is 15.7 Å². The Labute approximate surface area is 150 Å². The molecule has 126 valence electrons. The summed E-state index contributed by atoms with van der Waals surface area (Å²) < 4.78 is 22.8. The zero-order valence-corrected chi connectivity index (χ0v) is 14.9. The van der Waals surface area contributed by atoms with Gasteiger partial charge in [-0.3, -0.25) is 15.6 Å². The van der Waals surface area contributed by atoms with Gasteiger partial charge in [-0.05, 0) is 54.7 Å². The molecular weight excluding hydrogens is 370 g/mol. The second-order valence-corrected chi connectivity index (χ2v) is 7.70. The molecule has 0 aromatic heterocycles. The first kappa shape index (κ1) is 18.2. The van der Waals surface area contributed by atoms with Crippen molar-refractivity contribution in [1.29, 1.82) is 0 Å². The standard InChI is InChI=1S/C15H14ClN3O3S2/c1-24(21,22)13-7-5-10(6-8-13)14(20)18-19-15(23)17-12-4-2-3-11(16)9-12/h2-9H,1H3,(H,18,20)(H2,17,19,23). The molecule has 0 aliphatic carbocycles. The van der Waals surface area contributed by atoms with Crippen LogP contribution in [0, 0.1) is 0 Å². The fraction of sp³-hybridized carbons (Fsp3) is 0.0667. The van der Waals surface area contributed by atoms with Gasteiger partial charge in [-0.15, -0.1) is 0 Å². The summed E-state index contributed by atoms with van der Waals surface area (Å²) in [6.07, 6.45) is 1.10. The van der Waals surface area contributed by atoms with Gasteiger partial charge in [0.15, 0.2) is 14.9 Å². The van der Waals surface area contributed by atoms with Crippen LogP contribution in [-0.2, 0) is 9.84 Å². The highest BCUT2D eigenvalue weighted by Crippen LogP contribution is 2.14. The van der Waals surface area contributed by atoms with Crippen LogP contribution < -0.4 is 16.2 Å². The van der Waals surface area contributed by atoms with Crippen LogP contribution in [0.25, 0.3) is 0 Å². The van der Waals surface area contributed by atoms with Gasteiger partial charge in [0.25, 0.3) is 5.91 Å². The number of rotatable bonds is 3. The molecule has 0 aliphatic rings. The number of nitrogens with one attached hydrogen (secondary N) is 3. The average Bonchev–Trinajstić information content (AvgIpc) is 2.52. The van der Waals surface area contributed by atoms with Crippen molar-refractivity contribution < 1.29 is 13.2 Å². The number of halogens is 1. The average molecular weight is 384 g/mol. The molecule has 0 bridgehead atoms. The summed E-state index contributed by atoms with van der Waals surface area (Å²) in [5.74, 6) is -0.453. The number of amides is 1. The number of sulfone groups is 1. The van der Waals surface area contributed by atoms with E-state index in [1.54, 1.807) is 24.3 Å². The minimum atomic E-state index is -3.30. The Kier molecular flexibility index (Phi) is 5.76. The molecule has 1 amide bonds. The molecule has 0 unspecified atom stereocenters. The Bertz CT molecular complexity index is 868. The number of anilines is 1. The van der Waals surface area contributed by atoms with Crippen molar-refractivity contribution in [2.75, 3.05) is 11.6 Å². The van der Waals surface area contributed by atoms with E-state index >= 15 is 0 Å². The van der Waals surface area contributed by atoms with Crippen LogP contribution in [0.5, 0.6) is 0 Å². The molecule has 0 atom stereocenters. The van der Waals surface area contributed by atoms with Gasteiger partial charge in [0, 0.05) is 22.5 Å². The normalized spacial score (nSPS) is 10.8. The van der Waals surface area contributed by atoms with E-state index in [2.05, 4.69) is 16.2 Å². The van der Waals surface area contributed by atoms with Gasteiger partial charge < -0.3 is 5.32 Å². The zero-order chi connectivity index (χ0) is 17.7. The highest BCUT2D eigenvalue weighted by atomic mass is 35.5.